The van der Waals surface area contributed by atoms with E-state index >= 15 is 0 Å². The highest BCUT2D eigenvalue weighted by molar-refractivity contribution is 5.32. The van der Waals surface area contributed by atoms with E-state index in [1.807, 2.05) is 30.3 Å². The molecule has 4 nitrogen and oxygen atoms in total. The summed E-state index contributed by atoms with van der Waals surface area (Å²) in [6, 6.07) is 13.7. The summed E-state index contributed by atoms with van der Waals surface area (Å²) in [6.45, 7) is 0. The smallest absolute Gasteiger partial charge is 0.221 e. The van der Waals surface area contributed by atoms with Crippen molar-refractivity contribution in [1.29, 1.82) is 0 Å². The summed E-state index contributed by atoms with van der Waals surface area (Å²) in [5.41, 5.74) is 1.95. The molecule has 0 aliphatic carbocycles. The van der Waals surface area contributed by atoms with Crippen molar-refractivity contribution in [3.8, 4) is 11.6 Å². The Morgan fingerprint density at radius 2 is 1.90 bits per heavy atom. The monoisotopic (exact) mass is 270 g/mol. The van der Waals surface area contributed by atoms with E-state index in [0.29, 0.717) is 12.2 Å². The lowest BCUT2D eigenvalue weighted by Gasteiger charge is -2.05. The van der Waals surface area contributed by atoms with Crippen LogP contribution >= 0.6 is 0 Å². The molecule has 0 aliphatic rings. The fourth-order valence-corrected chi connectivity index (χ4v) is 1.78. The lowest BCUT2D eigenvalue weighted by molar-refractivity contribution is 0.413. The molecule has 2 heterocycles. The van der Waals surface area contributed by atoms with Crippen molar-refractivity contribution in [2.45, 2.75) is 6.42 Å². The second-order valence-corrected chi connectivity index (χ2v) is 4.21. The van der Waals surface area contributed by atoms with Crippen LogP contribution in [0.2, 0.25) is 0 Å². The van der Waals surface area contributed by atoms with Crippen molar-refractivity contribution in [1.82, 2.24) is 10.1 Å². The number of aromatic nitrogens is 2. The number of pyridine rings is 1. The van der Waals surface area contributed by atoms with E-state index in [-0.39, 0.29) is 5.88 Å². The summed E-state index contributed by atoms with van der Waals surface area (Å²) in [7, 11) is 0. The fourth-order valence-electron chi connectivity index (χ4n) is 1.78. The molecule has 0 saturated carbocycles. The molecule has 3 aromatic rings. The van der Waals surface area contributed by atoms with E-state index in [2.05, 4.69) is 10.1 Å². The molecule has 0 saturated heterocycles. The highest BCUT2D eigenvalue weighted by Gasteiger charge is 2.02. The van der Waals surface area contributed by atoms with Gasteiger partial charge in [0.15, 0.2) is 0 Å². The van der Waals surface area contributed by atoms with Crippen LogP contribution in [0.3, 0.4) is 0 Å². The van der Waals surface area contributed by atoms with Crippen molar-refractivity contribution in [3.05, 3.63) is 72.0 Å². The van der Waals surface area contributed by atoms with Crippen LogP contribution < -0.4 is 4.74 Å². The van der Waals surface area contributed by atoms with Gasteiger partial charge in [0.1, 0.15) is 12.0 Å². The zero-order valence-corrected chi connectivity index (χ0v) is 10.5. The third-order valence-corrected chi connectivity index (χ3v) is 2.71. The summed E-state index contributed by atoms with van der Waals surface area (Å²) < 4.78 is 23.2. The number of benzene rings is 1. The van der Waals surface area contributed by atoms with Crippen molar-refractivity contribution in [2.24, 2.45) is 0 Å². The largest absolute Gasteiger partial charge is 0.439 e. The number of hydrogen-bond donors (Lipinski definition) is 0. The molecule has 0 amide bonds. The highest BCUT2D eigenvalue weighted by atomic mass is 19.1. The van der Waals surface area contributed by atoms with Crippen LogP contribution in [-0.2, 0) is 6.42 Å². The van der Waals surface area contributed by atoms with Crippen LogP contribution in [0, 0.1) is 5.95 Å². The number of halogens is 1. The van der Waals surface area contributed by atoms with Gasteiger partial charge in [-0.2, -0.15) is 9.37 Å². The summed E-state index contributed by atoms with van der Waals surface area (Å²) in [6.07, 6.45) is 2.23. The molecule has 0 atom stereocenters. The van der Waals surface area contributed by atoms with Gasteiger partial charge in [-0.05, 0) is 23.8 Å². The van der Waals surface area contributed by atoms with Gasteiger partial charge in [0.2, 0.25) is 11.8 Å². The summed E-state index contributed by atoms with van der Waals surface area (Å²) in [4.78, 5) is 3.64. The molecule has 5 heteroatoms. The molecule has 20 heavy (non-hydrogen) atoms. The molecule has 0 bridgehead atoms. The second kappa shape index (κ2) is 5.52. The lowest BCUT2D eigenvalue weighted by atomic mass is 10.1. The van der Waals surface area contributed by atoms with Gasteiger partial charge >= 0.3 is 0 Å². The van der Waals surface area contributed by atoms with Gasteiger partial charge in [-0.25, -0.2) is 0 Å². The fraction of sp³-hybridized carbons (Fsp3) is 0.0667. The first kappa shape index (κ1) is 12.3. The lowest BCUT2D eigenvalue weighted by Crippen LogP contribution is -1.91. The summed E-state index contributed by atoms with van der Waals surface area (Å²) in [5, 5.41) is 3.85. The van der Waals surface area contributed by atoms with Gasteiger partial charge < -0.3 is 9.26 Å². The van der Waals surface area contributed by atoms with Gasteiger partial charge in [-0.15, -0.1) is 0 Å². The number of rotatable bonds is 4. The van der Waals surface area contributed by atoms with E-state index in [1.54, 1.807) is 18.4 Å². The van der Waals surface area contributed by atoms with Crippen molar-refractivity contribution < 1.29 is 13.7 Å². The zero-order chi connectivity index (χ0) is 13.8. The molecular formula is C15H11FN2O2. The van der Waals surface area contributed by atoms with Crippen LogP contribution in [-0.4, -0.2) is 10.1 Å². The Hall–Kier alpha value is -2.69. The van der Waals surface area contributed by atoms with Gasteiger partial charge in [0, 0.05) is 18.6 Å². The first-order valence-corrected chi connectivity index (χ1v) is 6.08. The van der Waals surface area contributed by atoms with E-state index in [9.17, 15) is 4.39 Å². The minimum absolute atomic E-state index is 0.231. The molecule has 100 valence electrons. The van der Waals surface area contributed by atoms with Crippen molar-refractivity contribution in [3.63, 3.8) is 0 Å². The van der Waals surface area contributed by atoms with Crippen molar-refractivity contribution >= 4 is 0 Å². The third kappa shape index (κ3) is 3.00. The maximum absolute atomic E-state index is 12.9. The molecule has 3 rings (SSSR count). The SMILES string of the molecule is Fc1cccc(Oc2ccc(Cc3ccon3)cc2)n1. The highest BCUT2D eigenvalue weighted by Crippen LogP contribution is 2.20. The van der Waals surface area contributed by atoms with Crippen LogP contribution in [0.5, 0.6) is 11.6 Å². The first-order chi connectivity index (χ1) is 9.79. The van der Waals surface area contributed by atoms with Crippen LogP contribution in [0.15, 0.2) is 59.3 Å². The van der Waals surface area contributed by atoms with E-state index in [1.165, 1.54) is 6.07 Å². The Balaban J connectivity index is 1.70. The van der Waals surface area contributed by atoms with Crippen LogP contribution in [0.25, 0.3) is 0 Å². The van der Waals surface area contributed by atoms with E-state index in [0.717, 1.165) is 11.3 Å². The average molecular weight is 270 g/mol. The topological polar surface area (TPSA) is 48.2 Å². The maximum atomic E-state index is 12.9. The second-order valence-electron chi connectivity index (χ2n) is 4.21. The minimum Gasteiger partial charge on any atom is -0.439 e. The van der Waals surface area contributed by atoms with Gasteiger partial charge in [-0.3, -0.25) is 0 Å². The Kier molecular flexibility index (Phi) is 3.41. The molecule has 0 N–H and O–H groups in total. The Morgan fingerprint density at radius 1 is 1.05 bits per heavy atom. The first-order valence-electron chi connectivity index (χ1n) is 6.08. The third-order valence-electron chi connectivity index (χ3n) is 2.71. The molecule has 0 unspecified atom stereocenters. The van der Waals surface area contributed by atoms with Crippen LogP contribution in [0.1, 0.15) is 11.3 Å². The predicted octanol–water partition coefficient (Wildman–Crippen LogP) is 3.59. The molecule has 2 aromatic heterocycles. The van der Waals surface area contributed by atoms with Crippen molar-refractivity contribution in [2.75, 3.05) is 0 Å². The molecule has 0 aliphatic heterocycles. The Bertz CT molecular complexity index is 681. The zero-order valence-electron chi connectivity index (χ0n) is 10.5. The Labute approximate surface area is 114 Å². The maximum Gasteiger partial charge on any atom is 0.221 e. The standard InChI is InChI=1S/C15H11FN2O2/c16-14-2-1-3-15(17-14)20-13-6-4-11(5-7-13)10-12-8-9-19-18-12/h1-9H,10H2. The molecule has 0 radical (unpaired) electrons. The molecular weight excluding hydrogens is 259 g/mol. The van der Waals surface area contributed by atoms with E-state index < -0.39 is 5.95 Å². The number of hydrogen-bond acceptors (Lipinski definition) is 4. The quantitative estimate of drug-likeness (QED) is 0.680. The number of nitrogens with zero attached hydrogens (tertiary/aromatic N) is 2. The van der Waals surface area contributed by atoms with Gasteiger partial charge in [0.05, 0.1) is 5.69 Å². The molecule has 0 fully saturated rings. The summed E-state index contributed by atoms with van der Waals surface area (Å²) in [5.74, 6) is 0.270. The van der Waals surface area contributed by atoms with E-state index in [4.69, 9.17) is 9.26 Å². The average Bonchev–Trinajstić information content (AvgIpc) is 2.94. The Morgan fingerprint density at radius 3 is 2.60 bits per heavy atom. The van der Waals surface area contributed by atoms with Gasteiger partial charge in [0.25, 0.3) is 0 Å². The minimum atomic E-state index is -0.565. The molecule has 0 spiro atoms. The number of ether oxygens (including phenoxy) is 1. The predicted molar refractivity (Wildman–Crippen MR) is 70.0 cm³/mol. The van der Waals surface area contributed by atoms with Crippen LogP contribution in [0.4, 0.5) is 4.39 Å². The van der Waals surface area contributed by atoms with Gasteiger partial charge in [-0.1, -0.05) is 23.4 Å². The molecule has 1 aromatic carbocycles. The normalized spacial score (nSPS) is 10.4. The summed E-state index contributed by atoms with van der Waals surface area (Å²) >= 11 is 0.